The molecule has 1 atom stereocenters. The smallest absolute Gasteiger partial charge is 0.272 e. The molecule has 0 saturated carbocycles. The highest BCUT2D eigenvalue weighted by atomic mass is 32.2. The van der Waals surface area contributed by atoms with Gasteiger partial charge in [-0.05, 0) is 73.2 Å². The fraction of sp³-hybridized carbons (Fsp3) is 0.0645. The van der Waals surface area contributed by atoms with E-state index in [1.54, 1.807) is 116 Å². The number of amides is 4. The largest absolute Gasteiger partial charge is 0.366 e. The second-order valence-corrected chi connectivity index (χ2v) is 10.2. The van der Waals surface area contributed by atoms with Gasteiger partial charge in [-0.1, -0.05) is 36.4 Å². The molecule has 0 bridgehead atoms. The molecule has 3 aromatic carbocycles. The maximum atomic E-state index is 13.2. The third-order valence-corrected chi connectivity index (χ3v) is 6.88. The average Bonchev–Trinajstić information content (AvgIpc) is 2.98. The number of carbonyl (C=O) groups excluding carboxylic acids is 4. The van der Waals surface area contributed by atoms with Gasteiger partial charge in [0, 0.05) is 28.5 Å². The Kier molecular flexibility index (Phi) is 9.63. The molecule has 1 unspecified atom stereocenters. The van der Waals surface area contributed by atoms with E-state index in [9.17, 15) is 19.2 Å². The maximum absolute atomic E-state index is 13.2. The van der Waals surface area contributed by atoms with Crippen LogP contribution in [0.1, 0.15) is 33.2 Å². The zero-order chi connectivity index (χ0) is 29.2. The molecular formula is C31H27N5O4S. The summed E-state index contributed by atoms with van der Waals surface area (Å²) in [7, 11) is 0. The van der Waals surface area contributed by atoms with Crippen molar-refractivity contribution >= 4 is 52.8 Å². The van der Waals surface area contributed by atoms with Crippen LogP contribution >= 0.6 is 11.8 Å². The highest BCUT2D eigenvalue weighted by Crippen LogP contribution is 2.26. The summed E-state index contributed by atoms with van der Waals surface area (Å²) in [6, 6.07) is 25.6. The summed E-state index contributed by atoms with van der Waals surface area (Å²) in [5.74, 6) is -1.86. The van der Waals surface area contributed by atoms with Gasteiger partial charge < -0.3 is 21.7 Å². The molecule has 0 aliphatic carbocycles. The topological polar surface area (TPSA) is 143 Å². The Morgan fingerprint density at radius 3 is 2.24 bits per heavy atom. The van der Waals surface area contributed by atoms with Gasteiger partial charge in [-0.2, -0.15) is 0 Å². The Bertz CT molecular complexity index is 1580. The van der Waals surface area contributed by atoms with Crippen molar-refractivity contribution in [1.29, 1.82) is 0 Å². The minimum absolute atomic E-state index is 0.0480. The van der Waals surface area contributed by atoms with Crippen molar-refractivity contribution in [2.24, 2.45) is 5.73 Å². The third kappa shape index (κ3) is 8.13. The second-order valence-electron chi connectivity index (χ2n) is 8.80. The Morgan fingerprint density at radius 2 is 1.56 bits per heavy atom. The van der Waals surface area contributed by atoms with Crippen LogP contribution < -0.4 is 21.7 Å². The fourth-order valence-corrected chi connectivity index (χ4v) is 4.55. The van der Waals surface area contributed by atoms with Crippen LogP contribution in [0.4, 0.5) is 11.4 Å². The summed E-state index contributed by atoms with van der Waals surface area (Å²) in [6.45, 7) is 1.74. The van der Waals surface area contributed by atoms with Crippen molar-refractivity contribution in [3.8, 4) is 0 Å². The molecule has 0 aliphatic rings. The number of hydrogen-bond acceptors (Lipinski definition) is 6. The predicted molar refractivity (Wildman–Crippen MR) is 160 cm³/mol. The van der Waals surface area contributed by atoms with Crippen molar-refractivity contribution < 1.29 is 19.2 Å². The van der Waals surface area contributed by atoms with Crippen molar-refractivity contribution in [3.63, 3.8) is 0 Å². The van der Waals surface area contributed by atoms with E-state index in [-0.39, 0.29) is 17.2 Å². The first-order chi connectivity index (χ1) is 19.8. The lowest BCUT2D eigenvalue weighted by Crippen LogP contribution is -2.30. The Hall–Kier alpha value is -5.22. The van der Waals surface area contributed by atoms with Gasteiger partial charge in [0.25, 0.3) is 17.7 Å². The number of nitrogens with one attached hydrogen (secondary N) is 3. The fourth-order valence-electron chi connectivity index (χ4n) is 3.68. The number of anilines is 2. The lowest BCUT2D eigenvalue weighted by atomic mass is 10.1. The van der Waals surface area contributed by atoms with Crippen molar-refractivity contribution in [2.45, 2.75) is 17.1 Å². The number of nitrogens with zero attached hydrogens (tertiary/aromatic N) is 1. The molecule has 0 radical (unpaired) electrons. The van der Waals surface area contributed by atoms with Crippen LogP contribution in [0.15, 0.2) is 114 Å². The first-order valence-electron chi connectivity index (χ1n) is 12.6. The molecular weight excluding hydrogens is 538 g/mol. The predicted octanol–water partition coefficient (Wildman–Crippen LogP) is 4.71. The van der Waals surface area contributed by atoms with Crippen LogP contribution in [-0.4, -0.2) is 33.9 Å². The van der Waals surface area contributed by atoms with Crippen LogP contribution in [0.3, 0.4) is 0 Å². The van der Waals surface area contributed by atoms with Crippen LogP contribution in [0, 0.1) is 0 Å². The molecule has 41 heavy (non-hydrogen) atoms. The lowest BCUT2D eigenvalue weighted by molar-refractivity contribution is -0.115. The Balaban J connectivity index is 1.42. The summed E-state index contributed by atoms with van der Waals surface area (Å²) >= 11 is 1.31. The highest BCUT2D eigenvalue weighted by Gasteiger charge is 2.18. The lowest BCUT2D eigenvalue weighted by Gasteiger charge is -2.14. The summed E-state index contributed by atoms with van der Waals surface area (Å²) in [5, 5.41) is 7.74. The van der Waals surface area contributed by atoms with Crippen LogP contribution in [0.25, 0.3) is 6.08 Å². The SMILES string of the molecule is CC(Sc1ccc(NC(=O)/C(=C/c2cccnc2)NC(=O)c2ccccc2)cc1)C(=O)Nc1ccccc1C(N)=O. The third-order valence-electron chi connectivity index (χ3n) is 5.77. The van der Waals surface area contributed by atoms with Gasteiger partial charge in [0.05, 0.1) is 16.5 Å². The molecule has 4 rings (SSSR count). The molecule has 0 saturated heterocycles. The maximum Gasteiger partial charge on any atom is 0.272 e. The zero-order valence-electron chi connectivity index (χ0n) is 22.0. The van der Waals surface area contributed by atoms with Crippen molar-refractivity contribution in [1.82, 2.24) is 10.3 Å². The van der Waals surface area contributed by atoms with Gasteiger partial charge in [-0.3, -0.25) is 24.2 Å². The van der Waals surface area contributed by atoms with Gasteiger partial charge >= 0.3 is 0 Å². The van der Waals surface area contributed by atoms with E-state index in [1.165, 1.54) is 11.8 Å². The number of aromatic nitrogens is 1. The molecule has 0 fully saturated rings. The first kappa shape index (κ1) is 28.8. The van der Waals surface area contributed by atoms with Crippen molar-refractivity contribution in [3.05, 3.63) is 126 Å². The Labute approximate surface area is 241 Å². The number of pyridine rings is 1. The van der Waals surface area contributed by atoms with Gasteiger partial charge in [0.15, 0.2) is 0 Å². The van der Waals surface area contributed by atoms with Crippen LogP contribution in [-0.2, 0) is 9.59 Å². The second kappa shape index (κ2) is 13.7. The van der Waals surface area contributed by atoms with E-state index in [1.807, 2.05) is 0 Å². The minimum Gasteiger partial charge on any atom is -0.366 e. The minimum atomic E-state index is -0.628. The molecule has 206 valence electrons. The van der Waals surface area contributed by atoms with E-state index in [4.69, 9.17) is 5.73 Å². The zero-order valence-corrected chi connectivity index (χ0v) is 22.9. The number of hydrogen-bond donors (Lipinski definition) is 4. The molecule has 0 spiro atoms. The molecule has 4 aromatic rings. The quantitative estimate of drug-likeness (QED) is 0.162. The van der Waals surface area contributed by atoms with E-state index >= 15 is 0 Å². The molecule has 1 heterocycles. The van der Waals surface area contributed by atoms with E-state index < -0.39 is 23.0 Å². The van der Waals surface area contributed by atoms with E-state index in [2.05, 4.69) is 20.9 Å². The molecule has 4 amide bonds. The number of benzene rings is 3. The Morgan fingerprint density at radius 1 is 0.854 bits per heavy atom. The van der Waals surface area contributed by atoms with E-state index in [0.717, 1.165) is 4.90 Å². The average molecular weight is 566 g/mol. The summed E-state index contributed by atoms with van der Waals surface area (Å²) in [6.07, 6.45) is 4.74. The number of para-hydroxylation sites is 1. The standard InChI is InChI=1S/C31H27N5O4S/c1-20(29(38)35-26-12-6-5-11-25(26)28(32)37)41-24-15-13-23(14-16-24)34-31(40)27(18-21-8-7-17-33-19-21)36-30(39)22-9-3-2-4-10-22/h2-20H,1H3,(H2,32,37)(H,34,40)(H,35,38)(H,36,39)/b27-18-. The number of primary amides is 1. The van der Waals surface area contributed by atoms with Crippen molar-refractivity contribution in [2.75, 3.05) is 10.6 Å². The molecule has 9 nitrogen and oxygen atoms in total. The first-order valence-corrected chi connectivity index (χ1v) is 13.4. The monoisotopic (exact) mass is 565 g/mol. The van der Waals surface area contributed by atoms with Gasteiger partial charge in [-0.15, -0.1) is 11.8 Å². The normalized spacial score (nSPS) is 11.7. The van der Waals surface area contributed by atoms with Crippen LogP contribution in [0.5, 0.6) is 0 Å². The van der Waals surface area contributed by atoms with Gasteiger partial charge in [-0.25, -0.2) is 0 Å². The summed E-state index contributed by atoms with van der Waals surface area (Å²) in [4.78, 5) is 55.2. The number of rotatable bonds is 10. The van der Waals surface area contributed by atoms with Gasteiger partial charge in [0.2, 0.25) is 5.91 Å². The number of thioether (sulfide) groups is 1. The highest BCUT2D eigenvalue weighted by molar-refractivity contribution is 8.00. The molecule has 1 aromatic heterocycles. The number of carbonyl (C=O) groups is 4. The number of nitrogens with two attached hydrogens (primary N) is 1. The molecule has 10 heteroatoms. The molecule has 0 aliphatic heterocycles. The molecule has 5 N–H and O–H groups in total. The van der Waals surface area contributed by atoms with Crippen LogP contribution in [0.2, 0.25) is 0 Å². The van der Waals surface area contributed by atoms with Gasteiger partial charge in [0.1, 0.15) is 5.70 Å². The summed E-state index contributed by atoms with van der Waals surface area (Å²) < 4.78 is 0. The van der Waals surface area contributed by atoms with E-state index in [0.29, 0.717) is 22.5 Å². The summed E-state index contributed by atoms with van der Waals surface area (Å²) in [5.41, 5.74) is 7.58.